The first-order valence-electron chi connectivity index (χ1n) is 7.72. The lowest BCUT2D eigenvalue weighted by Gasteiger charge is -2.33. The zero-order chi connectivity index (χ0) is 16.9. The van der Waals surface area contributed by atoms with E-state index in [4.69, 9.17) is 19.9 Å². The molecule has 0 aliphatic heterocycles. The Hall–Kier alpha value is -2.20. The van der Waals surface area contributed by atoms with Gasteiger partial charge in [-0.1, -0.05) is 25.1 Å². The molecular formula is C19H25NO3. The summed E-state index contributed by atoms with van der Waals surface area (Å²) in [5.74, 6) is 2.25. The van der Waals surface area contributed by atoms with Crippen molar-refractivity contribution in [2.75, 3.05) is 27.9 Å². The Morgan fingerprint density at radius 3 is 2.13 bits per heavy atom. The largest absolute Gasteiger partial charge is 0.497 e. The first kappa shape index (κ1) is 17.2. The number of hydrogen-bond donors (Lipinski definition) is 1. The summed E-state index contributed by atoms with van der Waals surface area (Å²) >= 11 is 0. The van der Waals surface area contributed by atoms with Crippen LogP contribution < -0.4 is 19.9 Å². The zero-order valence-electron chi connectivity index (χ0n) is 14.3. The van der Waals surface area contributed by atoms with Gasteiger partial charge in [-0.3, -0.25) is 0 Å². The summed E-state index contributed by atoms with van der Waals surface area (Å²) in [5.41, 5.74) is 8.16. The summed E-state index contributed by atoms with van der Waals surface area (Å²) in [4.78, 5) is 0. The second kappa shape index (κ2) is 7.38. The maximum Gasteiger partial charge on any atom is 0.161 e. The number of ether oxygens (including phenoxy) is 3. The highest BCUT2D eigenvalue weighted by Gasteiger charge is 2.32. The molecule has 0 saturated heterocycles. The monoisotopic (exact) mass is 315 g/mol. The van der Waals surface area contributed by atoms with Crippen molar-refractivity contribution >= 4 is 0 Å². The van der Waals surface area contributed by atoms with Crippen molar-refractivity contribution < 1.29 is 14.2 Å². The fraction of sp³-hybridized carbons (Fsp3) is 0.368. The standard InChI is InChI=1S/C19H25NO3/c1-5-19(13-20,14-7-6-8-16(11-14)21-2)15-9-10-17(22-3)18(12-15)23-4/h6-12H,5,13,20H2,1-4H3. The predicted molar refractivity (Wildman–Crippen MR) is 92.7 cm³/mol. The van der Waals surface area contributed by atoms with Crippen LogP contribution in [0.25, 0.3) is 0 Å². The number of nitrogens with two attached hydrogens (primary N) is 1. The summed E-state index contributed by atoms with van der Waals surface area (Å²) in [6.07, 6.45) is 0.867. The number of rotatable bonds is 7. The molecule has 1 unspecified atom stereocenters. The predicted octanol–water partition coefficient (Wildman–Crippen LogP) is 3.37. The van der Waals surface area contributed by atoms with Gasteiger partial charge in [-0.25, -0.2) is 0 Å². The van der Waals surface area contributed by atoms with Crippen LogP contribution in [-0.2, 0) is 5.41 Å². The summed E-state index contributed by atoms with van der Waals surface area (Å²) in [5, 5.41) is 0. The van der Waals surface area contributed by atoms with Gasteiger partial charge >= 0.3 is 0 Å². The summed E-state index contributed by atoms with van der Waals surface area (Å²) < 4.78 is 16.2. The molecule has 2 aromatic rings. The lowest BCUT2D eigenvalue weighted by molar-refractivity contribution is 0.353. The van der Waals surface area contributed by atoms with Gasteiger partial charge in [-0.15, -0.1) is 0 Å². The van der Waals surface area contributed by atoms with Crippen LogP contribution in [0.4, 0.5) is 0 Å². The van der Waals surface area contributed by atoms with E-state index in [-0.39, 0.29) is 5.41 Å². The van der Waals surface area contributed by atoms with E-state index in [1.165, 1.54) is 0 Å². The smallest absolute Gasteiger partial charge is 0.161 e. The average molecular weight is 315 g/mol. The van der Waals surface area contributed by atoms with Crippen molar-refractivity contribution in [3.63, 3.8) is 0 Å². The molecule has 1 atom stereocenters. The van der Waals surface area contributed by atoms with E-state index in [1.807, 2.05) is 30.3 Å². The Bertz CT molecular complexity index is 651. The van der Waals surface area contributed by atoms with Crippen LogP contribution in [0.2, 0.25) is 0 Å². The van der Waals surface area contributed by atoms with Gasteiger partial charge in [-0.05, 0) is 41.8 Å². The minimum absolute atomic E-state index is 0.298. The molecule has 2 N–H and O–H groups in total. The van der Waals surface area contributed by atoms with Crippen molar-refractivity contribution in [1.29, 1.82) is 0 Å². The normalized spacial score (nSPS) is 13.3. The van der Waals surface area contributed by atoms with E-state index in [2.05, 4.69) is 19.1 Å². The maximum absolute atomic E-state index is 6.22. The Morgan fingerprint density at radius 2 is 1.57 bits per heavy atom. The van der Waals surface area contributed by atoms with E-state index in [9.17, 15) is 0 Å². The van der Waals surface area contributed by atoms with Gasteiger partial charge in [-0.2, -0.15) is 0 Å². The maximum atomic E-state index is 6.22. The molecule has 2 rings (SSSR count). The number of methoxy groups -OCH3 is 3. The average Bonchev–Trinajstić information content (AvgIpc) is 2.63. The van der Waals surface area contributed by atoms with Crippen molar-refractivity contribution in [2.45, 2.75) is 18.8 Å². The second-order valence-electron chi connectivity index (χ2n) is 5.44. The molecule has 0 radical (unpaired) electrons. The molecule has 0 amide bonds. The van der Waals surface area contributed by atoms with Gasteiger partial charge < -0.3 is 19.9 Å². The van der Waals surface area contributed by atoms with Crippen molar-refractivity contribution in [2.24, 2.45) is 5.73 Å². The molecule has 4 heteroatoms. The minimum atomic E-state index is -0.298. The molecule has 0 aliphatic carbocycles. The third-order valence-corrected chi connectivity index (χ3v) is 4.51. The lowest BCUT2D eigenvalue weighted by Crippen LogP contribution is -2.35. The van der Waals surface area contributed by atoms with Crippen LogP contribution in [0.15, 0.2) is 42.5 Å². The van der Waals surface area contributed by atoms with Gasteiger partial charge in [0.15, 0.2) is 11.5 Å². The molecule has 4 nitrogen and oxygen atoms in total. The van der Waals surface area contributed by atoms with Crippen molar-refractivity contribution in [3.8, 4) is 17.2 Å². The Morgan fingerprint density at radius 1 is 0.870 bits per heavy atom. The highest BCUT2D eigenvalue weighted by atomic mass is 16.5. The van der Waals surface area contributed by atoms with Gasteiger partial charge in [0.1, 0.15) is 5.75 Å². The molecule has 0 bridgehead atoms. The Balaban J connectivity index is 2.60. The number of hydrogen-bond acceptors (Lipinski definition) is 4. The molecule has 0 aromatic heterocycles. The molecule has 2 aromatic carbocycles. The Labute approximate surface area is 138 Å². The Kier molecular flexibility index (Phi) is 5.50. The van der Waals surface area contributed by atoms with Crippen LogP contribution in [0, 0.1) is 0 Å². The highest BCUT2D eigenvalue weighted by molar-refractivity contribution is 5.50. The van der Waals surface area contributed by atoms with Crippen LogP contribution in [-0.4, -0.2) is 27.9 Å². The highest BCUT2D eigenvalue weighted by Crippen LogP contribution is 2.40. The van der Waals surface area contributed by atoms with Gasteiger partial charge in [0.2, 0.25) is 0 Å². The van der Waals surface area contributed by atoms with Crippen LogP contribution in [0.1, 0.15) is 24.5 Å². The van der Waals surface area contributed by atoms with Crippen molar-refractivity contribution in [1.82, 2.24) is 0 Å². The van der Waals surface area contributed by atoms with E-state index < -0.39 is 0 Å². The van der Waals surface area contributed by atoms with E-state index >= 15 is 0 Å². The van der Waals surface area contributed by atoms with Crippen LogP contribution in [0.5, 0.6) is 17.2 Å². The third-order valence-electron chi connectivity index (χ3n) is 4.51. The first-order valence-corrected chi connectivity index (χ1v) is 7.72. The summed E-state index contributed by atoms with van der Waals surface area (Å²) in [7, 11) is 4.95. The van der Waals surface area contributed by atoms with Gasteiger partial charge in [0.25, 0.3) is 0 Å². The zero-order valence-corrected chi connectivity index (χ0v) is 14.3. The van der Waals surface area contributed by atoms with Gasteiger partial charge in [0, 0.05) is 12.0 Å². The van der Waals surface area contributed by atoms with E-state index in [0.29, 0.717) is 18.0 Å². The van der Waals surface area contributed by atoms with E-state index in [1.54, 1.807) is 21.3 Å². The minimum Gasteiger partial charge on any atom is -0.497 e. The molecule has 0 spiro atoms. The second-order valence-corrected chi connectivity index (χ2v) is 5.44. The fourth-order valence-electron chi connectivity index (χ4n) is 3.01. The first-order chi connectivity index (χ1) is 11.1. The summed E-state index contributed by atoms with van der Waals surface area (Å²) in [6, 6.07) is 14.1. The molecular weight excluding hydrogens is 290 g/mol. The molecule has 0 aliphatic rings. The molecule has 0 fully saturated rings. The third kappa shape index (κ3) is 3.13. The van der Waals surface area contributed by atoms with Crippen LogP contribution >= 0.6 is 0 Å². The summed E-state index contributed by atoms with van der Waals surface area (Å²) in [6.45, 7) is 2.63. The topological polar surface area (TPSA) is 53.7 Å². The molecule has 0 saturated carbocycles. The van der Waals surface area contributed by atoms with Gasteiger partial charge in [0.05, 0.1) is 21.3 Å². The SMILES string of the molecule is CCC(CN)(c1cccc(OC)c1)c1ccc(OC)c(OC)c1. The molecule has 23 heavy (non-hydrogen) atoms. The van der Waals surface area contributed by atoms with Crippen molar-refractivity contribution in [3.05, 3.63) is 53.6 Å². The number of benzene rings is 2. The fourth-order valence-corrected chi connectivity index (χ4v) is 3.01. The van der Waals surface area contributed by atoms with E-state index in [0.717, 1.165) is 23.3 Å². The van der Waals surface area contributed by atoms with Crippen LogP contribution in [0.3, 0.4) is 0 Å². The molecule has 0 heterocycles. The quantitative estimate of drug-likeness (QED) is 0.851. The molecule has 124 valence electrons. The lowest BCUT2D eigenvalue weighted by atomic mass is 9.72.